The summed E-state index contributed by atoms with van der Waals surface area (Å²) in [6.45, 7) is 6.72. The zero-order valence-corrected chi connectivity index (χ0v) is 16.0. The standard InChI is InChI=1S/C19H21ClN2O2S/c1-12(2)11-24-16-8-5-14(6-9-16)18(23)22-19(25)21-15-7-4-13(3)17(20)10-15/h4-10,12H,11H2,1-3H3,(H2,21,22,23,25). The van der Waals surface area contributed by atoms with E-state index in [1.54, 1.807) is 30.3 Å². The molecule has 25 heavy (non-hydrogen) atoms. The van der Waals surface area contributed by atoms with Crippen LogP contribution in [0, 0.1) is 12.8 Å². The number of hydrogen-bond donors (Lipinski definition) is 2. The van der Waals surface area contributed by atoms with E-state index in [4.69, 9.17) is 28.6 Å². The molecule has 0 radical (unpaired) electrons. The topological polar surface area (TPSA) is 50.4 Å². The van der Waals surface area contributed by atoms with Gasteiger partial charge in [-0.2, -0.15) is 0 Å². The van der Waals surface area contributed by atoms with Gasteiger partial charge in [-0.05, 0) is 67.0 Å². The lowest BCUT2D eigenvalue weighted by molar-refractivity contribution is 0.0977. The van der Waals surface area contributed by atoms with E-state index in [1.807, 2.05) is 19.1 Å². The summed E-state index contributed by atoms with van der Waals surface area (Å²) >= 11 is 11.2. The number of carbonyl (C=O) groups is 1. The number of carbonyl (C=O) groups excluding carboxylic acids is 1. The first-order chi connectivity index (χ1) is 11.8. The lowest BCUT2D eigenvalue weighted by atomic mass is 10.2. The summed E-state index contributed by atoms with van der Waals surface area (Å²) in [5.41, 5.74) is 2.20. The van der Waals surface area contributed by atoms with Gasteiger partial charge in [0.25, 0.3) is 5.91 Å². The van der Waals surface area contributed by atoms with Crippen molar-refractivity contribution >= 4 is 40.5 Å². The van der Waals surface area contributed by atoms with Gasteiger partial charge in [-0.25, -0.2) is 0 Å². The van der Waals surface area contributed by atoms with Crippen LogP contribution in [0.5, 0.6) is 5.75 Å². The van der Waals surface area contributed by atoms with Crippen LogP contribution in [0.2, 0.25) is 5.02 Å². The summed E-state index contributed by atoms with van der Waals surface area (Å²) in [6.07, 6.45) is 0. The van der Waals surface area contributed by atoms with Gasteiger partial charge in [0.2, 0.25) is 0 Å². The summed E-state index contributed by atoms with van der Waals surface area (Å²) in [6, 6.07) is 12.4. The van der Waals surface area contributed by atoms with E-state index in [0.717, 1.165) is 17.0 Å². The summed E-state index contributed by atoms with van der Waals surface area (Å²) < 4.78 is 5.60. The van der Waals surface area contributed by atoms with Crippen molar-refractivity contribution in [1.82, 2.24) is 5.32 Å². The minimum absolute atomic E-state index is 0.213. The zero-order valence-electron chi connectivity index (χ0n) is 14.4. The minimum Gasteiger partial charge on any atom is -0.493 e. The number of hydrogen-bond acceptors (Lipinski definition) is 3. The van der Waals surface area contributed by atoms with Gasteiger partial charge in [0.1, 0.15) is 5.75 Å². The van der Waals surface area contributed by atoms with E-state index in [-0.39, 0.29) is 11.0 Å². The first-order valence-corrected chi connectivity index (χ1v) is 8.75. The second-order valence-electron chi connectivity index (χ2n) is 6.10. The molecule has 132 valence electrons. The van der Waals surface area contributed by atoms with Gasteiger partial charge in [-0.15, -0.1) is 0 Å². The normalized spacial score (nSPS) is 10.4. The molecule has 0 fully saturated rings. The van der Waals surface area contributed by atoms with Gasteiger partial charge < -0.3 is 10.1 Å². The molecule has 0 aromatic heterocycles. The highest BCUT2D eigenvalue weighted by Gasteiger charge is 2.09. The van der Waals surface area contributed by atoms with Crippen LogP contribution in [0.15, 0.2) is 42.5 Å². The molecule has 0 bridgehead atoms. The average Bonchev–Trinajstić information content (AvgIpc) is 2.56. The highest BCUT2D eigenvalue weighted by atomic mass is 35.5. The van der Waals surface area contributed by atoms with Crippen LogP contribution >= 0.6 is 23.8 Å². The Morgan fingerprint density at radius 2 is 1.88 bits per heavy atom. The summed E-state index contributed by atoms with van der Waals surface area (Å²) in [7, 11) is 0. The number of rotatable bonds is 5. The predicted octanol–water partition coefficient (Wildman–Crippen LogP) is 4.81. The first kappa shape index (κ1) is 19.2. The van der Waals surface area contributed by atoms with Crippen molar-refractivity contribution in [1.29, 1.82) is 0 Å². The molecule has 0 spiro atoms. The van der Waals surface area contributed by atoms with Crippen molar-refractivity contribution in [2.45, 2.75) is 20.8 Å². The van der Waals surface area contributed by atoms with Gasteiger partial charge in [-0.1, -0.05) is 31.5 Å². The van der Waals surface area contributed by atoms with Crippen molar-refractivity contribution in [3.05, 3.63) is 58.6 Å². The molecule has 2 aromatic rings. The molecule has 2 aromatic carbocycles. The maximum atomic E-state index is 12.2. The fourth-order valence-electron chi connectivity index (χ4n) is 1.97. The second kappa shape index (κ2) is 8.83. The molecule has 6 heteroatoms. The highest BCUT2D eigenvalue weighted by molar-refractivity contribution is 7.80. The number of amides is 1. The Labute approximate surface area is 158 Å². The number of thiocarbonyl (C=S) groups is 1. The van der Waals surface area contributed by atoms with E-state index in [2.05, 4.69) is 24.5 Å². The van der Waals surface area contributed by atoms with E-state index in [9.17, 15) is 4.79 Å². The fraction of sp³-hybridized carbons (Fsp3) is 0.263. The third-order valence-corrected chi connectivity index (χ3v) is 3.97. The van der Waals surface area contributed by atoms with E-state index in [0.29, 0.717) is 23.1 Å². The van der Waals surface area contributed by atoms with E-state index >= 15 is 0 Å². The summed E-state index contributed by atoms with van der Waals surface area (Å²) in [5, 5.41) is 6.44. The SMILES string of the molecule is Cc1ccc(NC(=S)NC(=O)c2ccc(OCC(C)C)cc2)cc1Cl. The predicted molar refractivity (Wildman–Crippen MR) is 107 cm³/mol. The number of halogens is 1. The Morgan fingerprint density at radius 1 is 1.20 bits per heavy atom. The molecule has 0 unspecified atom stereocenters. The maximum absolute atomic E-state index is 12.2. The molecule has 2 rings (SSSR count). The molecule has 0 aliphatic heterocycles. The monoisotopic (exact) mass is 376 g/mol. The number of anilines is 1. The Hall–Kier alpha value is -2.11. The van der Waals surface area contributed by atoms with Crippen LogP contribution in [-0.2, 0) is 0 Å². The maximum Gasteiger partial charge on any atom is 0.257 e. The van der Waals surface area contributed by atoms with Crippen molar-refractivity contribution in [2.75, 3.05) is 11.9 Å². The molecule has 0 aliphatic carbocycles. The largest absolute Gasteiger partial charge is 0.493 e. The number of benzene rings is 2. The van der Waals surface area contributed by atoms with Gasteiger partial charge >= 0.3 is 0 Å². The number of nitrogens with one attached hydrogen (secondary N) is 2. The van der Waals surface area contributed by atoms with E-state index < -0.39 is 0 Å². The molecular weight excluding hydrogens is 356 g/mol. The Kier molecular flexibility index (Phi) is 6.79. The molecule has 0 saturated heterocycles. The van der Waals surface area contributed by atoms with Crippen LogP contribution in [0.3, 0.4) is 0 Å². The third-order valence-electron chi connectivity index (χ3n) is 3.36. The number of ether oxygens (including phenoxy) is 1. The van der Waals surface area contributed by atoms with E-state index in [1.165, 1.54) is 0 Å². The van der Waals surface area contributed by atoms with Crippen molar-refractivity contribution in [2.24, 2.45) is 5.92 Å². The Balaban J connectivity index is 1.92. The van der Waals surface area contributed by atoms with Gasteiger partial charge in [0.15, 0.2) is 5.11 Å². The second-order valence-corrected chi connectivity index (χ2v) is 6.92. The van der Waals surface area contributed by atoms with Crippen LogP contribution in [0.4, 0.5) is 5.69 Å². The van der Waals surface area contributed by atoms with Crippen LogP contribution in [-0.4, -0.2) is 17.6 Å². The van der Waals surface area contributed by atoms with Crippen LogP contribution in [0.1, 0.15) is 29.8 Å². The zero-order chi connectivity index (χ0) is 18.4. The quantitative estimate of drug-likeness (QED) is 0.735. The molecule has 2 N–H and O–H groups in total. The average molecular weight is 377 g/mol. The summed E-state index contributed by atoms with van der Waals surface area (Å²) in [4.78, 5) is 12.2. The molecule has 0 heterocycles. The van der Waals surface area contributed by atoms with Gasteiger partial charge in [0, 0.05) is 16.3 Å². The van der Waals surface area contributed by atoms with Gasteiger partial charge in [-0.3, -0.25) is 10.1 Å². The minimum atomic E-state index is -0.286. The molecule has 0 saturated carbocycles. The van der Waals surface area contributed by atoms with Crippen molar-refractivity contribution < 1.29 is 9.53 Å². The smallest absolute Gasteiger partial charge is 0.257 e. The molecule has 4 nitrogen and oxygen atoms in total. The van der Waals surface area contributed by atoms with Gasteiger partial charge in [0.05, 0.1) is 6.61 Å². The number of aryl methyl sites for hydroxylation is 1. The van der Waals surface area contributed by atoms with Crippen molar-refractivity contribution in [3.8, 4) is 5.75 Å². The lowest BCUT2D eigenvalue weighted by Gasteiger charge is -2.11. The van der Waals surface area contributed by atoms with Crippen molar-refractivity contribution in [3.63, 3.8) is 0 Å². The molecule has 0 atom stereocenters. The molecule has 0 aliphatic rings. The Morgan fingerprint density at radius 3 is 2.48 bits per heavy atom. The molecular formula is C19H21ClN2O2S. The summed E-state index contributed by atoms with van der Waals surface area (Å²) in [5.74, 6) is 0.896. The van der Waals surface area contributed by atoms with Crippen LogP contribution in [0.25, 0.3) is 0 Å². The third kappa shape index (κ3) is 6.03. The first-order valence-electron chi connectivity index (χ1n) is 7.96. The lowest BCUT2D eigenvalue weighted by Crippen LogP contribution is -2.34. The van der Waals surface area contributed by atoms with Crippen LogP contribution < -0.4 is 15.4 Å². The fourth-order valence-corrected chi connectivity index (χ4v) is 2.36. The highest BCUT2D eigenvalue weighted by Crippen LogP contribution is 2.20. The Bertz CT molecular complexity index is 761. The molecule has 1 amide bonds.